The fourth-order valence-corrected chi connectivity index (χ4v) is 1.92. The van der Waals surface area contributed by atoms with Gasteiger partial charge in [0.25, 0.3) is 0 Å². The number of carbonyl (C=O) groups is 1. The highest BCUT2D eigenvalue weighted by Gasteiger charge is 2.06. The van der Waals surface area contributed by atoms with Gasteiger partial charge in [-0.2, -0.15) is 0 Å². The molecule has 2 N–H and O–H groups in total. The van der Waals surface area contributed by atoms with E-state index in [1.165, 1.54) is 17.4 Å². The van der Waals surface area contributed by atoms with Crippen molar-refractivity contribution in [1.82, 2.24) is 9.97 Å². The van der Waals surface area contributed by atoms with Gasteiger partial charge < -0.3 is 10.4 Å². The summed E-state index contributed by atoms with van der Waals surface area (Å²) in [4.78, 5) is 20.1. The summed E-state index contributed by atoms with van der Waals surface area (Å²) < 4.78 is 0. The van der Waals surface area contributed by atoms with Crippen molar-refractivity contribution in [2.75, 3.05) is 5.32 Å². The van der Waals surface area contributed by atoms with Gasteiger partial charge in [-0.15, -0.1) is 11.3 Å². The van der Waals surface area contributed by atoms with Crippen molar-refractivity contribution in [3.05, 3.63) is 40.0 Å². The molecule has 17 heavy (non-hydrogen) atoms. The molecular weight excluding hydrogens is 238 g/mol. The molecule has 2 rings (SSSR count). The molecule has 0 bridgehead atoms. The third kappa shape index (κ3) is 3.01. The molecule has 2 aromatic rings. The van der Waals surface area contributed by atoms with Gasteiger partial charge in [-0.05, 0) is 19.1 Å². The molecule has 0 spiro atoms. The Hall–Kier alpha value is -1.95. The Balaban J connectivity index is 2.13. The summed E-state index contributed by atoms with van der Waals surface area (Å²) in [6.45, 7) is 2.37. The molecule has 0 saturated carbocycles. The number of aryl methyl sites for hydroxylation is 1. The third-order valence-electron chi connectivity index (χ3n) is 2.13. The molecule has 0 radical (unpaired) electrons. The first-order valence-corrected chi connectivity index (χ1v) is 5.86. The monoisotopic (exact) mass is 249 g/mol. The van der Waals surface area contributed by atoms with Gasteiger partial charge in [-0.25, -0.2) is 9.78 Å². The fourth-order valence-electron chi connectivity index (χ4n) is 1.39. The van der Waals surface area contributed by atoms with Crippen LogP contribution in [0, 0.1) is 6.92 Å². The van der Waals surface area contributed by atoms with E-state index < -0.39 is 5.97 Å². The van der Waals surface area contributed by atoms with Crippen molar-refractivity contribution < 1.29 is 9.90 Å². The standard InChI is InChI=1S/C11H11N3O2S/c1-7-2-8(11(15)16)3-10(14-7)13-5-9-4-12-6-17-9/h2-4,6H,5H2,1H3,(H,13,14)(H,15,16). The number of pyridine rings is 1. The van der Waals surface area contributed by atoms with Crippen molar-refractivity contribution in [2.45, 2.75) is 13.5 Å². The molecule has 0 aliphatic heterocycles. The minimum absolute atomic E-state index is 0.240. The predicted octanol–water partition coefficient (Wildman–Crippen LogP) is 2.16. The summed E-state index contributed by atoms with van der Waals surface area (Å²) in [6.07, 6.45) is 1.77. The SMILES string of the molecule is Cc1cc(C(=O)O)cc(NCc2cncs2)n1. The Morgan fingerprint density at radius 2 is 2.35 bits per heavy atom. The number of nitrogens with zero attached hydrogens (tertiary/aromatic N) is 2. The molecule has 0 aliphatic rings. The molecule has 88 valence electrons. The average molecular weight is 249 g/mol. The van der Waals surface area contributed by atoms with Crippen LogP contribution < -0.4 is 5.32 Å². The largest absolute Gasteiger partial charge is 0.478 e. The van der Waals surface area contributed by atoms with E-state index in [1.54, 1.807) is 24.7 Å². The molecule has 0 unspecified atom stereocenters. The first-order chi connectivity index (χ1) is 8.15. The normalized spacial score (nSPS) is 10.2. The van der Waals surface area contributed by atoms with E-state index in [-0.39, 0.29) is 5.56 Å². The molecule has 2 heterocycles. The molecule has 0 saturated heterocycles. The second-order valence-corrected chi connectivity index (χ2v) is 4.48. The summed E-state index contributed by atoms with van der Waals surface area (Å²) in [5.74, 6) is -0.382. The first-order valence-electron chi connectivity index (χ1n) is 4.98. The summed E-state index contributed by atoms with van der Waals surface area (Å²) in [6, 6.07) is 3.07. The molecule has 5 nitrogen and oxygen atoms in total. The lowest BCUT2D eigenvalue weighted by Gasteiger charge is -2.06. The van der Waals surface area contributed by atoms with Crippen LogP contribution in [0.25, 0.3) is 0 Å². The number of anilines is 1. The molecule has 0 fully saturated rings. The smallest absolute Gasteiger partial charge is 0.335 e. The molecule has 0 aliphatic carbocycles. The van der Waals surface area contributed by atoms with Crippen LogP contribution in [0.15, 0.2) is 23.8 Å². The van der Waals surface area contributed by atoms with Gasteiger partial charge in [0.05, 0.1) is 17.6 Å². The number of aromatic carboxylic acids is 1. The zero-order chi connectivity index (χ0) is 12.3. The van der Waals surface area contributed by atoms with Crippen LogP contribution in [0.4, 0.5) is 5.82 Å². The van der Waals surface area contributed by atoms with E-state index in [2.05, 4.69) is 15.3 Å². The maximum absolute atomic E-state index is 10.9. The van der Waals surface area contributed by atoms with Gasteiger partial charge >= 0.3 is 5.97 Å². The Bertz CT molecular complexity index is 526. The lowest BCUT2D eigenvalue weighted by molar-refractivity contribution is 0.0696. The molecule has 6 heteroatoms. The minimum Gasteiger partial charge on any atom is -0.478 e. The van der Waals surface area contributed by atoms with E-state index in [4.69, 9.17) is 5.11 Å². The van der Waals surface area contributed by atoms with Gasteiger partial charge in [0.2, 0.25) is 0 Å². The number of rotatable bonds is 4. The van der Waals surface area contributed by atoms with E-state index in [0.29, 0.717) is 18.1 Å². The number of thiazole rings is 1. The van der Waals surface area contributed by atoms with Crippen molar-refractivity contribution >= 4 is 23.1 Å². The second-order valence-electron chi connectivity index (χ2n) is 3.51. The van der Waals surface area contributed by atoms with E-state index >= 15 is 0 Å². The van der Waals surface area contributed by atoms with Crippen molar-refractivity contribution in [3.8, 4) is 0 Å². The predicted molar refractivity (Wildman–Crippen MR) is 65.4 cm³/mol. The van der Waals surface area contributed by atoms with Crippen LogP contribution >= 0.6 is 11.3 Å². The van der Waals surface area contributed by atoms with Crippen LogP contribution in [0.1, 0.15) is 20.9 Å². The Morgan fingerprint density at radius 1 is 1.53 bits per heavy atom. The zero-order valence-electron chi connectivity index (χ0n) is 9.17. The topological polar surface area (TPSA) is 75.1 Å². The molecule has 0 amide bonds. The summed E-state index contributed by atoms with van der Waals surface area (Å²) in [5, 5.41) is 12.0. The average Bonchev–Trinajstić information content (AvgIpc) is 2.78. The van der Waals surface area contributed by atoms with Gasteiger partial charge in [-0.1, -0.05) is 0 Å². The lowest BCUT2D eigenvalue weighted by Crippen LogP contribution is -2.04. The summed E-state index contributed by atoms with van der Waals surface area (Å²) >= 11 is 1.54. The number of nitrogens with one attached hydrogen (secondary N) is 1. The molecule has 0 atom stereocenters. The van der Waals surface area contributed by atoms with Crippen molar-refractivity contribution in [3.63, 3.8) is 0 Å². The van der Waals surface area contributed by atoms with Gasteiger partial charge in [0.15, 0.2) is 0 Å². The van der Waals surface area contributed by atoms with Gasteiger partial charge in [0, 0.05) is 16.8 Å². The van der Waals surface area contributed by atoms with Crippen LogP contribution in [0.5, 0.6) is 0 Å². The van der Waals surface area contributed by atoms with Crippen molar-refractivity contribution in [1.29, 1.82) is 0 Å². The highest BCUT2D eigenvalue weighted by molar-refractivity contribution is 7.09. The maximum Gasteiger partial charge on any atom is 0.335 e. The number of hydrogen-bond donors (Lipinski definition) is 2. The van der Waals surface area contributed by atoms with Gasteiger partial charge in [-0.3, -0.25) is 4.98 Å². The van der Waals surface area contributed by atoms with Crippen molar-refractivity contribution in [2.24, 2.45) is 0 Å². The summed E-state index contributed by atoms with van der Waals surface area (Å²) in [7, 11) is 0. The molecular formula is C11H11N3O2S. The van der Waals surface area contributed by atoms with Crippen LogP contribution in [0.2, 0.25) is 0 Å². The first kappa shape index (κ1) is 11.5. The third-order valence-corrected chi connectivity index (χ3v) is 2.91. The highest BCUT2D eigenvalue weighted by atomic mass is 32.1. The number of hydrogen-bond acceptors (Lipinski definition) is 5. The van der Waals surface area contributed by atoms with Gasteiger partial charge in [0.1, 0.15) is 5.82 Å². The zero-order valence-corrected chi connectivity index (χ0v) is 9.99. The Morgan fingerprint density at radius 3 is 3.00 bits per heavy atom. The molecule has 0 aromatic carbocycles. The second kappa shape index (κ2) is 4.92. The quantitative estimate of drug-likeness (QED) is 0.868. The van der Waals surface area contributed by atoms with E-state index in [9.17, 15) is 4.79 Å². The highest BCUT2D eigenvalue weighted by Crippen LogP contribution is 2.13. The van der Waals surface area contributed by atoms with Crippen LogP contribution in [-0.4, -0.2) is 21.0 Å². The summed E-state index contributed by atoms with van der Waals surface area (Å²) in [5.41, 5.74) is 2.67. The molecule has 2 aromatic heterocycles. The Labute approximate surface area is 102 Å². The minimum atomic E-state index is -0.948. The lowest BCUT2D eigenvalue weighted by atomic mass is 10.2. The van der Waals surface area contributed by atoms with Crippen LogP contribution in [-0.2, 0) is 6.54 Å². The Kier molecular flexibility index (Phi) is 3.34. The maximum atomic E-state index is 10.9. The number of aromatic nitrogens is 2. The number of carboxylic acid groups (broad SMARTS) is 1. The van der Waals surface area contributed by atoms with Crippen LogP contribution in [0.3, 0.4) is 0 Å². The fraction of sp³-hybridized carbons (Fsp3) is 0.182. The number of carboxylic acids is 1. The van der Waals surface area contributed by atoms with E-state index in [0.717, 1.165) is 4.88 Å². The van der Waals surface area contributed by atoms with E-state index in [1.807, 2.05) is 0 Å².